The number of carbonyl (C=O) groups excluding carboxylic acids is 1. The fraction of sp³-hybridized carbons (Fsp3) is 0.160. The molecular formula is C25H22O3. The highest BCUT2D eigenvalue weighted by molar-refractivity contribution is 6.05. The molecule has 0 atom stereocenters. The Bertz CT molecular complexity index is 1100. The molecule has 0 bridgehead atoms. The van der Waals surface area contributed by atoms with Crippen molar-refractivity contribution in [3.8, 4) is 5.75 Å². The molecule has 0 radical (unpaired) electrons. The first kappa shape index (κ1) is 18.1. The number of fused-ring (bicyclic) bond motifs is 1. The lowest BCUT2D eigenvalue weighted by Crippen LogP contribution is -1.97. The minimum absolute atomic E-state index is 0.322. The molecule has 28 heavy (non-hydrogen) atoms. The molecule has 3 aromatic carbocycles. The summed E-state index contributed by atoms with van der Waals surface area (Å²) in [6.07, 6.45) is 3.68. The first-order chi connectivity index (χ1) is 13.5. The van der Waals surface area contributed by atoms with Gasteiger partial charge in [-0.25, -0.2) is 4.79 Å². The summed E-state index contributed by atoms with van der Waals surface area (Å²) in [5, 5.41) is 2.14. The number of ether oxygens (including phenoxy) is 2. The predicted molar refractivity (Wildman–Crippen MR) is 113 cm³/mol. The van der Waals surface area contributed by atoms with E-state index < -0.39 is 0 Å². The number of hydrogen-bond acceptors (Lipinski definition) is 3. The average molecular weight is 370 g/mol. The number of methoxy groups -OCH3 is 1. The van der Waals surface area contributed by atoms with E-state index in [0.29, 0.717) is 17.3 Å². The van der Waals surface area contributed by atoms with E-state index in [4.69, 9.17) is 9.47 Å². The summed E-state index contributed by atoms with van der Waals surface area (Å²) in [7, 11) is 1.66. The fourth-order valence-electron chi connectivity index (χ4n) is 3.29. The van der Waals surface area contributed by atoms with Crippen LogP contribution in [0.15, 0.2) is 72.3 Å². The molecule has 3 nitrogen and oxygen atoms in total. The van der Waals surface area contributed by atoms with E-state index in [1.807, 2.05) is 60.7 Å². The van der Waals surface area contributed by atoms with E-state index in [0.717, 1.165) is 27.6 Å². The van der Waals surface area contributed by atoms with Crippen molar-refractivity contribution < 1.29 is 14.3 Å². The monoisotopic (exact) mass is 370 g/mol. The molecule has 0 saturated carbocycles. The molecule has 0 amide bonds. The highest BCUT2D eigenvalue weighted by Crippen LogP contribution is 2.30. The topological polar surface area (TPSA) is 35.5 Å². The van der Waals surface area contributed by atoms with Crippen molar-refractivity contribution in [1.29, 1.82) is 0 Å². The van der Waals surface area contributed by atoms with Crippen molar-refractivity contribution in [2.24, 2.45) is 0 Å². The highest BCUT2D eigenvalue weighted by Gasteiger charge is 2.22. The van der Waals surface area contributed by atoms with Crippen molar-refractivity contribution in [2.45, 2.75) is 19.8 Å². The van der Waals surface area contributed by atoms with Crippen LogP contribution in [0.4, 0.5) is 0 Å². The molecular weight excluding hydrogens is 348 g/mol. The molecule has 0 fully saturated rings. The largest absolute Gasteiger partial charge is 0.497 e. The molecule has 0 unspecified atom stereocenters. The van der Waals surface area contributed by atoms with Crippen LogP contribution in [0.5, 0.6) is 5.75 Å². The van der Waals surface area contributed by atoms with Gasteiger partial charge in [0.05, 0.1) is 12.7 Å². The molecule has 0 N–H and O–H groups in total. The summed E-state index contributed by atoms with van der Waals surface area (Å²) in [6.45, 7) is 4.33. The van der Waals surface area contributed by atoms with Gasteiger partial charge >= 0.3 is 5.97 Å². The lowest BCUT2D eigenvalue weighted by Gasteiger charge is -2.06. The molecule has 4 rings (SSSR count). The van der Waals surface area contributed by atoms with Gasteiger partial charge in [-0.2, -0.15) is 0 Å². The summed E-state index contributed by atoms with van der Waals surface area (Å²) in [5.41, 5.74) is 3.70. The van der Waals surface area contributed by atoms with Crippen molar-refractivity contribution in [3.63, 3.8) is 0 Å². The van der Waals surface area contributed by atoms with Crippen LogP contribution in [-0.4, -0.2) is 13.1 Å². The van der Waals surface area contributed by atoms with Crippen LogP contribution in [0.2, 0.25) is 0 Å². The molecule has 0 saturated heterocycles. The zero-order valence-electron chi connectivity index (χ0n) is 16.2. The van der Waals surface area contributed by atoms with E-state index in [-0.39, 0.29) is 5.97 Å². The standard InChI is InChI=1S/C25H22O3/c1-16(2)18-6-4-17(5-7-18)12-22-15-24(28-25(22)26)21-9-8-20-14-23(27-3)11-10-19(20)13-21/h4-16H,1-3H3/b22-12-. The Morgan fingerprint density at radius 3 is 2.36 bits per heavy atom. The quantitative estimate of drug-likeness (QED) is 0.420. The lowest BCUT2D eigenvalue weighted by atomic mass is 10.0. The average Bonchev–Trinajstić information content (AvgIpc) is 3.08. The zero-order chi connectivity index (χ0) is 19.7. The summed E-state index contributed by atoms with van der Waals surface area (Å²) < 4.78 is 10.8. The Morgan fingerprint density at radius 2 is 1.64 bits per heavy atom. The molecule has 140 valence electrons. The third-order valence-corrected chi connectivity index (χ3v) is 4.98. The van der Waals surface area contributed by atoms with Crippen LogP contribution in [0, 0.1) is 0 Å². The first-order valence-corrected chi connectivity index (χ1v) is 9.37. The van der Waals surface area contributed by atoms with Crippen LogP contribution >= 0.6 is 0 Å². The van der Waals surface area contributed by atoms with Crippen LogP contribution in [0.1, 0.15) is 36.5 Å². The second kappa shape index (κ2) is 7.35. The predicted octanol–water partition coefficient (Wildman–Crippen LogP) is 5.95. The second-order valence-corrected chi connectivity index (χ2v) is 7.25. The first-order valence-electron chi connectivity index (χ1n) is 9.37. The Labute approximate surface area is 164 Å². The Morgan fingerprint density at radius 1 is 0.929 bits per heavy atom. The van der Waals surface area contributed by atoms with Gasteiger partial charge in [0, 0.05) is 5.56 Å². The van der Waals surface area contributed by atoms with Gasteiger partial charge in [0.25, 0.3) is 0 Å². The maximum absolute atomic E-state index is 12.3. The van der Waals surface area contributed by atoms with Gasteiger partial charge in [-0.3, -0.25) is 0 Å². The third-order valence-electron chi connectivity index (χ3n) is 4.98. The molecule has 0 aromatic heterocycles. The maximum atomic E-state index is 12.3. The molecule has 0 aliphatic carbocycles. The van der Waals surface area contributed by atoms with E-state index in [1.54, 1.807) is 7.11 Å². The Kier molecular flexibility index (Phi) is 4.74. The summed E-state index contributed by atoms with van der Waals surface area (Å²) in [6, 6.07) is 20.2. The van der Waals surface area contributed by atoms with Gasteiger partial charge in [-0.05, 0) is 58.2 Å². The Hall–Kier alpha value is -3.33. The molecule has 1 heterocycles. The van der Waals surface area contributed by atoms with E-state index in [1.165, 1.54) is 5.56 Å². The van der Waals surface area contributed by atoms with Gasteiger partial charge in [0.1, 0.15) is 11.5 Å². The summed E-state index contributed by atoms with van der Waals surface area (Å²) >= 11 is 0. The highest BCUT2D eigenvalue weighted by atomic mass is 16.5. The van der Waals surface area contributed by atoms with Crippen LogP contribution in [0.25, 0.3) is 22.6 Å². The lowest BCUT2D eigenvalue weighted by molar-refractivity contribution is -0.130. The van der Waals surface area contributed by atoms with Gasteiger partial charge in [-0.15, -0.1) is 0 Å². The number of benzene rings is 3. The van der Waals surface area contributed by atoms with E-state index in [9.17, 15) is 4.79 Å². The SMILES string of the molecule is COc1ccc2cc(C3=C/C(=C/c4ccc(C(C)C)cc4)C(=O)O3)ccc2c1. The molecule has 0 spiro atoms. The van der Waals surface area contributed by atoms with E-state index in [2.05, 4.69) is 26.0 Å². The number of esters is 1. The van der Waals surface area contributed by atoms with E-state index >= 15 is 0 Å². The van der Waals surface area contributed by atoms with Crippen LogP contribution in [0.3, 0.4) is 0 Å². The van der Waals surface area contributed by atoms with Gasteiger partial charge in [-0.1, -0.05) is 56.3 Å². The second-order valence-electron chi connectivity index (χ2n) is 7.25. The van der Waals surface area contributed by atoms with Crippen LogP contribution < -0.4 is 4.74 Å². The summed E-state index contributed by atoms with van der Waals surface area (Å²) in [5.74, 6) is 1.56. The number of rotatable bonds is 4. The fourth-order valence-corrected chi connectivity index (χ4v) is 3.29. The smallest absolute Gasteiger partial charge is 0.343 e. The molecule has 3 heteroatoms. The number of cyclic esters (lactones) is 1. The summed E-state index contributed by atoms with van der Waals surface area (Å²) in [4.78, 5) is 12.3. The molecule has 1 aliphatic rings. The maximum Gasteiger partial charge on any atom is 0.343 e. The van der Waals surface area contributed by atoms with Gasteiger partial charge in [0.15, 0.2) is 0 Å². The minimum atomic E-state index is -0.322. The van der Waals surface area contributed by atoms with Crippen LogP contribution in [-0.2, 0) is 9.53 Å². The van der Waals surface area contributed by atoms with Crippen molar-refractivity contribution >= 4 is 28.6 Å². The van der Waals surface area contributed by atoms with Crippen molar-refractivity contribution in [2.75, 3.05) is 7.11 Å². The number of carbonyl (C=O) groups is 1. The molecule has 1 aliphatic heterocycles. The number of hydrogen-bond donors (Lipinski definition) is 0. The third kappa shape index (κ3) is 3.56. The minimum Gasteiger partial charge on any atom is -0.497 e. The van der Waals surface area contributed by atoms with Crippen molar-refractivity contribution in [3.05, 3.63) is 89.0 Å². The molecule has 3 aromatic rings. The van der Waals surface area contributed by atoms with Gasteiger partial charge < -0.3 is 9.47 Å². The Balaban J connectivity index is 1.64. The zero-order valence-corrected chi connectivity index (χ0v) is 16.2. The van der Waals surface area contributed by atoms with Gasteiger partial charge in [0.2, 0.25) is 0 Å². The normalized spacial score (nSPS) is 15.2. The van der Waals surface area contributed by atoms with Crippen molar-refractivity contribution in [1.82, 2.24) is 0 Å².